The largest absolute Gasteiger partial charge is 0.467 e. The second-order valence-corrected chi connectivity index (χ2v) is 6.13. The van der Waals surface area contributed by atoms with Gasteiger partial charge in [0.2, 0.25) is 5.91 Å². The van der Waals surface area contributed by atoms with Crippen molar-refractivity contribution in [1.29, 1.82) is 0 Å². The minimum absolute atomic E-state index is 0.258. The highest BCUT2D eigenvalue weighted by molar-refractivity contribution is 5.91. The van der Waals surface area contributed by atoms with Gasteiger partial charge >= 0.3 is 5.97 Å². The molecule has 136 valence electrons. The summed E-state index contributed by atoms with van der Waals surface area (Å²) in [6, 6.07) is 27.3. The summed E-state index contributed by atoms with van der Waals surface area (Å²) in [5.74, 6) is -1.29. The Morgan fingerprint density at radius 2 is 1.11 bits per heavy atom. The summed E-state index contributed by atoms with van der Waals surface area (Å²) >= 11 is 0. The van der Waals surface area contributed by atoms with Crippen LogP contribution in [-0.2, 0) is 14.3 Å². The summed E-state index contributed by atoms with van der Waals surface area (Å²) in [4.78, 5) is 25.5. The van der Waals surface area contributed by atoms with Gasteiger partial charge in [0.25, 0.3) is 0 Å². The van der Waals surface area contributed by atoms with E-state index in [-0.39, 0.29) is 5.91 Å². The summed E-state index contributed by atoms with van der Waals surface area (Å²) in [6.45, 7) is 0. The average Bonchev–Trinajstić information content (AvgIpc) is 2.74. The average molecular weight is 359 g/mol. The van der Waals surface area contributed by atoms with E-state index in [2.05, 4.69) is 5.32 Å². The van der Waals surface area contributed by atoms with Crippen molar-refractivity contribution >= 4 is 11.9 Å². The van der Waals surface area contributed by atoms with Crippen LogP contribution in [0.2, 0.25) is 0 Å². The van der Waals surface area contributed by atoms with Crippen LogP contribution in [0.5, 0.6) is 0 Å². The van der Waals surface area contributed by atoms with E-state index in [0.29, 0.717) is 5.56 Å². The highest BCUT2D eigenvalue weighted by atomic mass is 16.5. The van der Waals surface area contributed by atoms with E-state index >= 15 is 0 Å². The number of hydrogen-bond acceptors (Lipinski definition) is 3. The van der Waals surface area contributed by atoms with Gasteiger partial charge in [-0.1, -0.05) is 91.0 Å². The van der Waals surface area contributed by atoms with Crippen molar-refractivity contribution in [2.24, 2.45) is 0 Å². The van der Waals surface area contributed by atoms with Gasteiger partial charge < -0.3 is 10.1 Å². The van der Waals surface area contributed by atoms with Crippen molar-refractivity contribution < 1.29 is 14.3 Å². The molecule has 0 unspecified atom stereocenters. The van der Waals surface area contributed by atoms with Crippen molar-refractivity contribution in [3.8, 4) is 0 Å². The van der Waals surface area contributed by atoms with Gasteiger partial charge in [-0.3, -0.25) is 4.79 Å². The molecule has 4 nitrogen and oxygen atoms in total. The number of ether oxygens (including phenoxy) is 1. The highest BCUT2D eigenvalue weighted by Gasteiger charge is 2.29. The van der Waals surface area contributed by atoms with Gasteiger partial charge in [-0.2, -0.15) is 0 Å². The molecule has 0 heterocycles. The fraction of sp³-hybridized carbons (Fsp3) is 0.130. The number of esters is 1. The van der Waals surface area contributed by atoms with Crippen molar-refractivity contribution in [2.75, 3.05) is 7.11 Å². The number of rotatable bonds is 6. The molecule has 0 aliphatic rings. The van der Waals surface area contributed by atoms with Gasteiger partial charge in [-0.25, -0.2) is 4.79 Å². The van der Waals surface area contributed by atoms with Crippen LogP contribution in [0.1, 0.15) is 28.7 Å². The third-order valence-electron chi connectivity index (χ3n) is 4.38. The van der Waals surface area contributed by atoms with E-state index in [9.17, 15) is 9.59 Å². The van der Waals surface area contributed by atoms with Crippen molar-refractivity contribution in [2.45, 2.75) is 12.0 Å². The minimum Gasteiger partial charge on any atom is -0.467 e. The Morgan fingerprint density at radius 1 is 0.704 bits per heavy atom. The summed E-state index contributed by atoms with van der Waals surface area (Å²) in [5.41, 5.74) is 2.40. The summed E-state index contributed by atoms with van der Waals surface area (Å²) in [7, 11) is 1.32. The molecule has 0 aromatic heterocycles. The van der Waals surface area contributed by atoms with Gasteiger partial charge in [0.15, 0.2) is 6.04 Å². The molecule has 0 radical (unpaired) electrons. The van der Waals surface area contributed by atoms with Gasteiger partial charge in [0.1, 0.15) is 0 Å². The molecule has 27 heavy (non-hydrogen) atoms. The molecular formula is C23H21NO3. The first-order valence-corrected chi connectivity index (χ1v) is 8.73. The topological polar surface area (TPSA) is 55.4 Å². The Kier molecular flexibility index (Phi) is 6.00. The Balaban J connectivity index is 1.95. The van der Waals surface area contributed by atoms with Crippen LogP contribution in [0.15, 0.2) is 91.0 Å². The minimum atomic E-state index is -0.862. The number of carbonyl (C=O) groups excluding carboxylic acids is 2. The summed E-state index contributed by atoms with van der Waals surface area (Å²) in [6.07, 6.45) is 0. The van der Waals surface area contributed by atoms with E-state index in [1.165, 1.54) is 7.11 Å². The zero-order valence-corrected chi connectivity index (χ0v) is 15.0. The lowest BCUT2D eigenvalue weighted by Crippen LogP contribution is -2.37. The molecule has 3 aromatic carbocycles. The smallest absolute Gasteiger partial charge is 0.333 e. The van der Waals surface area contributed by atoms with Gasteiger partial charge in [-0.15, -0.1) is 0 Å². The van der Waals surface area contributed by atoms with Crippen LogP contribution in [0.3, 0.4) is 0 Å². The van der Waals surface area contributed by atoms with E-state index in [1.54, 1.807) is 12.1 Å². The zero-order chi connectivity index (χ0) is 19.1. The normalized spacial score (nSPS) is 11.6. The van der Waals surface area contributed by atoms with Gasteiger partial charge in [-0.05, 0) is 16.7 Å². The van der Waals surface area contributed by atoms with Crippen LogP contribution >= 0.6 is 0 Å². The third-order valence-corrected chi connectivity index (χ3v) is 4.38. The number of benzene rings is 3. The van der Waals surface area contributed by atoms with Crippen LogP contribution in [0.4, 0.5) is 0 Å². The molecule has 0 spiro atoms. The molecular weight excluding hydrogens is 338 g/mol. The quantitative estimate of drug-likeness (QED) is 0.680. The summed E-state index contributed by atoms with van der Waals surface area (Å²) < 4.78 is 4.91. The van der Waals surface area contributed by atoms with Crippen LogP contribution in [0, 0.1) is 0 Å². The first-order valence-electron chi connectivity index (χ1n) is 8.73. The first-order chi connectivity index (χ1) is 13.2. The first kappa shape index (κ1) is 18.4. The summed E-state index contributed by atoms with van der Waals surface area (Å²) in [5, 5.41) is 2.87. The lowest BCUT2D eigenvalue weighted by molar-refractivity contribution is -0.145. The predicted octanol–water partition coefficient (Wildman–Crippen LogP) is 3.85. The molecule has 0 bridgehead atoms. The zero-order valence-electron chi connectivity index (χ0n) is 15.0. The number of nitrogens with one attached hydrogen (secondary N) is 1. The number of hydrogen-bond donors (Lipinski definition) is 1. The number of amides is 1. The standard InChI is InChI=1S/C23H21NO3/c1-27-23(26)21(19-15-9-4-10-16-19)24-22(25)20(17-11-5-2-6-12-17)18-13-7-3-8-14-18/h2-16,20-21H,1H3,(H,24,25)/t21-/m0/s1. The maximum Gasteiger partial charge on any atom is 0.333 e. The van der Waals surface area contributed by atoms with Crippen molar-refractivity contribution in [3.05, 3.63) is 108 Å². The Hall–Kier alpha value is -3.40. The molecule has 1 amide bonds. The lowest BCUT2D eigenvalue weighted by Gasteiger charge is -2.22. The molecule has 0 saturated carbocycles. The maximum absolute atomic E-state index is 13.2. The fourth-order valence-corrected chi connectivity index (χ4v) is 3.05. The van der Waals surface area contributed by atoms with Crippen molar-refractivity contribution in [1.82, 2.24) is 5.32 Å². The van der Waals surface area contributed by atoms with E-state index < -0.39 is 17.9 Å². The molecule has 1 atom stereocenters. The second kappa shape index (κ2) is 8.81. The molecule has 3 rings (SSSR count). The molecule has 0 aliphatic carbocycles. The highest BCUT2D eigenvalue weighted by Crippen LogP contribution is 2.26. The molecule has 4 heteroatoms. The molecule has 0 saturated heterocycles. The fourth-order valence-electron chi connectivity index (χ4n) is 3.05. The Bertz CT molecular complexity index is 840. The monoisotopic (exact) mass is 359 g/mol. The van der Waals surface area contributed by atoms with E-state index in [4.69, 9.17) is 4.74 Å². The molecule has 0 aliphatic heterocycles. The SMILES string of the molecule is COC(=O)[C@@H](NC(=O)C(c1ccccc1)c1ccccc1)c1ccccc1. The number of methoxy groups -OCH3 is 1. The van der Waals surface area contributed by atoms with E-state index in [0.717, 1.165) is 11.1 Å². The Morgan fingerprint density at radius 3 is 1.52 bits per heavy atom. The molecule has 0 fully saturated rings. The second-order valence-electron chi connectivity index (χ2n) is 6.13. The maximum atomic E-state index is 13.2. The van der Waals surface area contributed by atoms with E-state index in [1.807, 2.05) is 78.9 Å². The predicted molar refractivity (Wildman–Crippen MR) is 104 cm³/mol. The number of carbonyl (C=O) groups is 2. The van der Waals surface area contributed by atoms with Gasteiger partial charge in [0.05, 0.1) is 13.0 Å². The third kappa shape index (κ3) is 4.42. The lowest BCUT2D eigenvalue weighted by atomic mass is 9.90. The van der Waals surface area contributed by atoms with Crippen LogP contribution in [0.25, 0.3) is 0 Å². The van der Waals surface area contributed by atoms with Crippen molar-refractivity contribution in [3.63, 3.8) is 0 Å². The van der Waals surface area contributed by atoms with Gasteiger partial charge in [0, 0.05) is 0 Å². The molecule has 1 N–H and O–H groups in total. The van der Waals surface area contributed by atoms with Crippen LogP contribution in [-0.4, -0.2) is 19.0 Å². The molecule has 3 aromatic rings. The van der Waals surface area contributed by atoms with Crippen LogP contribution < -0.4 is 5.32 Å². The Labute approximate surface area is 158 Å².